The van der Waals surface area contributed by atoms with Crippen molar-refractivity contribution in [2.24, 2.45) is 57.2 Å². The van der Waals surface area contributed by atoms with Crippen LogP contribution in [0, 0.1) is 86.8 Å². The van der Waals surface area contributed by atoms with Crippen molar-refractivity contribution in [3.05, 3.63) is 239 Å². The van der Waals surface area contributed by atoms with Crippen LogP contribution < -0.4 is 42.0 Å². The summed E-state index contributed by atoms with van der Waals surface area (Å²) < 4.78 is 27.8. The average Bonchev–Trinajstić information content (AvgIpc) is 1.52. The number of rotatable bonds is 28. The van der Waals surface area contributed by atoms with E-state index in [1.54, 1.807) is 0 Å². The van der Waals surface area contributed by atoms with Gasteiger partial charge < -0.3 is 22.8 Å². The van der Waals surface area contributed by atoms with Gasteiger partial charge in [0.2, 0.25) is 5.89 Å². The topological polar surface area (TPSA) is 115 Å². The van der Waals surface area contributed by atoms with Gasteiger partial charge in [0.15, 0.2) is 5.58 Å². The number of hydrogen-bond acceptors (Lipinski definition) is 8. The second-order valence-electron chi connectivity index (χ2n) is 38.8. The van der Waals surface area contributed by atoms with E-state index in [9.17, 15) is 10.5 Å². The second kappa shape index (κ2) is 34.6. The molecule has 6 unspecified atom stereocenters. The number of nitrogens with zero attached hydrogens (tertiary/aromatic N) is 6. The Morgan fingerprint density at radius 1 is 0.451 bits per heavy atom. The number of thiazole rings is 1. The first-order chi connectivity index (χ1) is 53.6. The molecule has 4 aromatic heterocycles. The van der Waals surface area contributed by atoms with Gasteiger partial charge in [-0.15, -0.1) is 11.3 Å². The molecule has 0 bridgehead atoms. The maximum Gasteiger partial charge on any atom is 0.328 e. The molecular weight excluding hydrogens is 1400 g/mol. The van der Waals surface area contributed by atoms with Crippen molar-refractivity contribution >= 4 is 90.1 Å². The average molecular weight is 1520 g/mol. The molecule has 584 valence electrons. The number of aromatic nitrogens is 4. The van der Waals surface area contributed by atoms with Crippen molar-refractivity contribution in [2.45, 2.75) is 195 Å². The molecule has 0 fully saturated rings. The van der Waals surface area contributed by atoms with E-state index in [-0.39, 0.29) is 50.4 Å². The molecule has 12 heteroatoms. The lowest BCUT2D eigenvalue weighted by Crippen LogP contribution is -2.54. The smallest absolute Gasteiger partial charge is 0.328 e. The van der Waals surface area contributed by atoms with E-state index in [1.165, 1.54) is 11.3 Å². The fourth-order valence-electron chi connectivity index (χ4n) is 18.0. The molecule has 0 aliphatic heterocycles. The van der Waals surface area contributed by atoms with Gasteiger partial charge in [-0.2, -0.15) is 10.5 Å². The number of aryl methyl sites for hydroxylation is 1. The monoisotopic (exact) mass is 1520 g/mol. The van der Waals surface area contributed by atoms with Crippen LogP contribution in [0.1, 0.15) is 205 Å². The fraction of sp³-hybridized carbons (Fsp3) is 0.406. The molecule has 9 nitrogen and oxygen atoms in total. The lowest BCUT2D eigenvalue weighted by molar-refractivity contribution is 0.147. The summed E-state index contributed by atoms with van der Waals surface area (Å²) in [7, 11) is 0. The molecular formula is C101H120B2N6O3S. The maximum atomic E-state index is 13.0. The molecule has 0 saturated carbocycles. The van der Waals surface area contributed by atoms with Crippen LogP contribution in [0.15, 0.2) is 211 Å². The van der Waals surface area contributed by atoms with Gasteiger partial charge in [0.25, 0.3) is 0 Å². The number of fused-ring (bicyclic) bond motifs is 3. The summed E-state index contributed by atoms with van der Waals surface area (Å²) in [6, 6.07) is 78.3. The molecule has 0 N–H and O–H groups in total. The number of oxazole rings is 1. The van der Waals surface area contributed by atoms with Crippen LogP contribution in [0.4, 0.5) is 0 Å². The van der Waals surface area contributed by atoms with Gasteiger partial charge in [-0.1, -0.05) is 324 Å². The minimum absolute atomic E-state index is 0.118. The largest absolute Gasteiger partial charge is 0.493 e. The molecule has 0 radical (unpaired) electrons. The van der Waals surface area contributed by atoms with Crippen LogP contribution >= 0.6 is 11.3 Å². The minimum Gasteiger partial charge on any atom is -0.493 e. The van der Waals surface area contributed by atoms with E-state index in [0.29, 0.717) is 69.3 Å². The van der Waals surface area contributed by atoms with E-state index >= 15 is 0 Å². The summed E-state index contributed by atoms with van der Waals surface area (Å²) in [5, 5.41) is 29.2. The molecule has 12 aromatic rings. The van der Waals surface area contributed by atoms with E-state index in [4.69, 9.17) is 23.9 Å². The summed E-state index contributed by atoms with van der Waals surface area (Å²) in [6.45, 7) is 46.4. The zero-order chi connectivity index (χ0) is 80.9. The van der Waals surface area contributed by atoms with Gasteiger partial charge in [-0.3, -0.25) is 0 Å². The van der Waals surface area contributed by atoms with Crippen LogP contribution in [-0.2, 0) is 5.41 Å². The SMILES string of the molecule is Cc1ccc2sc(/C(C#N)=c3/c4c(-c5cccc(OCC(CCC(C)CC(C)(C)C)C(C)CC(C)(C)C)c5)n(B(c5ccccc5)c5ccccc5)/c(=C(/C#N)c5nc6cc(C(C)(C)C)ccc6o5)c4c(-c4cccc(OCC(CCC(C)CC(C)(C)C)C(C)CC(C)(C)C)c4)n3B(c3ccccc3)c3ccccc3)nc2c1. The summed E-state index contributed by atoms with van der Waals surface area (Å²) in [4.78, 5) is 11.0. The highest BCUT2D eigenvalue weighted by Gasteiger charge is 2.39. The first-order valence-electron chi connectivity index (χ1n) is 41.4. The van der Waals surface area contributed by atoms with Crippen molar-refractivity contribution in [2.75, 3.05) is 13.2 Å². The van der Waals surface area contributed by atoms with Crippen molar-refractivity contribution in [1.29, 1.82) is 10.5 Å². The Morgan fingerprint density at radius 2 is 0.867 bits per heavy atom. The van der Waals surface area contributed by atoms with Gasteiger partial charge in [0.1, 0.15) is 45.3 Å². The summed E-state index contributed by atoms with van der Waals surface area (Å²) in [5.74, 6) is 4.01. The van der Waals surface area contributed by atoms with Crippen LogP contribution in [0.25, 0.3) is 65.7 Å². The first kappa shape index (κ1) is 82.8. The van der Waals surface area contributed by atoms with Crippen LogP contribution in [0.3, 0.4) is 0 Å². The quantitative estimate of drug-likeness (QED) is 0.0449. The lowest BCUT2D eigenvalue weighted by atomic mass is 9.50. The molecule has 0 aliphatic rings. The number of benzene rings is 8. The van der Waals surface area contributed by atoms with Crippen molar-refractivity contribution in [3.8, 4) is 46.2 Å². The number of ether oxygens (including phenoxy) is 2. The third kappa shape index (κ3) is 20.1. The van der Waals surface area contributed by atoms with Crippen LogP contribution in [0.2, 0.25) is 0 Å². The van der Waals surface area contributed by atoms with Crippen LogP contribution in [-0.4, -0.2) is 45.8 Å². The van der Waals surface area contributed by atoms with Crippen molar-refractivity contribution < 1.29 is 13.9 Å². The lowest BCUT2D eigenvalue weighted by Gasteiger charge is -2.31. The Kier molecular flexibility index (Phi) is 25.4. The first-order valence-corrected chi connectivity index (χ1v) is 42.3. The van der Waals surface area contributed by atoms with E-state index in [0.717, 1.165) is 139 Å². The molecule has 8 aromatic carbocycles. The van der Waals surface area contributed by atoms with Crippen molar-refractivity contribution in [1.82, 2.24) is 18.9 Å². The van der Waals surface area contributed by atoms with E-state index in [1.807, 2.05) is 6.07 Å². The fourth-order valence-corrected chi connectivity index (χ4v) is 19.0. The Bertz CT molecular complexity index is 5300. The molecule has 6 atom stereocenters. The van der Waals surface area contributed by atoms with Gasteiger partial charge in [0.05, 0.1) is 34.1 Å². The second-order valence-corrected chi connectivity index (χ2v) is 39.9. The Morgan fingerprint density at radius 3 is 1.27 bits per heavy atom. The standard InChI is InChI=1S/C101H120B2N6O3S/c1-67-49-54-88-86(55-67)107-96(113-88)84(64-105)94-90-89(91(109(94)103(79-41-29-23-30-42-79)80-43-31-24-32-44-80)72-35-33-45-81(56-72)110-65-74(70(4)61-99(12,13)14)50-47-68(2)59-97(6,7)8)93(83(63-104)95-106-85-58-76(101(18,19)20)52-53-87(85)112-95)108(102(77-37-25-21-26-38-77)78-39-27-22-28-40-78)92(90)73-36-34-46-82(57-73)111-66-75(71(5)62-100(15,16)17)51-48-69(3)60-98(9,10)11/h21-46,49,52-58,68-71,74-75H,47-48,50-51,59-62,65-66H2,1-20H3/b93-83-,94-84-. The Balaban J connectivity index is 1.29. The normalized spacial score (nSPS) is 14.6. The molecule has 0 spiro atoms. The van der Waals surface area contributed by atoms with E-state index < -0.39 is 13.7 Å². The molecule has 0 aliphatic carbocycles. The predicted octanol–water partition coefficient (Wildman–Crippen LogP) is 22.7. The summed E-state index contributed by atoms with van der Waals surface area (Å²) >= 11 is 1.52. The van der Waals surface area contributed by atoms with Gasteiger partial charge in [0, 0.05) is 33.3 Å². The highest BCUT2D eigenvalue weighted by molar-refractivity contribution is 7.19. The third-order valence-electron chi connectivity index (χ3n) is 22.7. The zero-order valence-electron chi connectivity index (χ0n) is 71.1. The highest BCUT2D eigenvalue weighted by Crippen LogP contribution is 2.42. The maximum absolute atomic E-state index is 13.0. The third-order valence-corrected chi connectivity index (χ3v) is 23.7. The summed E-state index contributed by atoms with van der Waals surface area (Å²) in [5.41, 5.74) is 12.3. The van der Waals surface area contributed by atoms with Crippen LogP contribution in [0.5, 0.6) is 11.5 Å². The van der Waals surface area contributed by atoms with Crippen molar-refractivity contribution in [3.63, 3.8) is 0 Å². The zero-order valence-corrected chi connectivity index (χ0v) is 72.0. The predicted molar refractivity (Wildman–Crippen MR) is 479 cm³/mol. The molecule has 113 heavy (non-hydrogen) atoms. The highest BCUT2D eigenvalue weighted by atomic mass is 32.1. The molecule has 0 amide bonds. The molecule has 0 saturated heterocycles. The van der Waals surface area contributed by atoms with Gasteiger partial charge in [-0.05, 0) is 168 Å². The number of nitriles is 2. The Labute approximate surface area is 679 Å². The summed E-state index contributed by atoms with van der Waals surface area (Å²) in [6.07, 6.45) is 8.71. The Hall–Kier alpha value is -9.61. The van der Waals surface area contributed by atoms with Gasteiger partial charge in [-0.25, -0.2) is 9.97 Å². The molecule has 12 rings (SSSR count). The van der Waals surface area contributed by atoms with Gasteiger partial charge >= 0.3 is 13.7 Å². The minimum atomic E-state index is -0.630. The van der Waals surface area contributed by atoms with E-state index in [2.05, 4.69) is 360 Å². The molecule has 4 heterocycles. The number of hydrogen-bond donors (Lipinski definition) is 0.